The highest BCUT2D eigenvalue weighted by Crippen LogP contribution is 2.51. The molecular weight excluding hydrogens is 313 g/mol. The second kappa shape index (κ2) is 7.17. The molecule has 1 aromatic carbocycles. The van der Waals surface area contributed by atoms with Gasteiger partial charge in [-0.15, -0.1) is 0 Å². The maximum Gasteiger partial charge on any atom is 0.380 e. The summed E-state index contributed by atoms with van der Waals surface area (Å²) in [5, 5.41) is 10.7. The van der Waals surface area contributed by atoms with Crippen LogP contribution in [0.4, 0.5) is 5.69 Å². The first kappa shape index (κ1) is 16.3. The molecule has 106 valence electrons. The average molecular weight is 326 g/mol. The van der Waals surface area contributed by atoms with E-state index in [1.54, 1.807) is 13.8 Å². The number of rotatable bonds is 7. The quantitative estimate of drug-likeness (QED) is 0.430. The number of nitro benzene ring substituents is 1. The number of nitro groups is 1. The zero-order valence-electron chi connectivity index (χ0n) is 10.4. The molecule has 6 nitrogen and oxygen atoms in total. The fraction of sp³-hybridized carbons (Fsp3) is 0.400. The van der Waals surface area contributed by atoms with Gasteiger partial charge in [0, 0.05) is 23.9 Å². The highest BCUT2D eigenvalue weighted by atomic mass is 35.5. The molecule has 0 aliphatic heterocycles. The van der Waals surface area contributed by atoms with Gasteiger partial charge < -0.3 is 4.52 Å². The molecule has 0 atom stereocenters. The van der Waals surface area contributed by atoms with Crippen LogP contribution in [-0.4, -0.2) is 18.1 Å². The Hall–Kier alpha value is -0.720. The lowest BCUT2D eigenvalue weighted by Gasteiger charge is -2.21. The number of halogens is 1. The number of non-ortho nitro benzene ring substituents is 1. The summed E-state index contributed by atoms with van der Waals surface area (Å²) >= 11 is 11.1. The molecular formula is C10H13ClNO5PS. The maximum atomic E-state index is 10.6. The van der Waals surface area contributed by atoms with E-state index in [4.69, 9.17) is 37.0 Å². The Kier molecular flexibility index (Phi) is 6.16. The largest absolute Gasteiger partial charge is 0.423 e. The van der Waals surface area contributed by atoms with Crippen molar-refractivity contribution >= 4 is 35.8 Å². The SMILES string of the molecule is CCOP(=S)(OCC)Oc1ccc([N+](=O)[O-])cc1Cl. The second-order valence-corrected chi connectivity index (χ2v) is 6.59. The molecule has 0 saturated carbocycles. The summed E-state index contributed by atoms with van der Waals surface area (Å²) in [7, 11) is 0. The van der Waals surface area contributed by atoms with Crippen LogP contribution in [0.1, 0.15) is 13.8 Å². The Balaban J connectivity index is 2.97. The normalized spacial score (nSPS) is 11.3. The van der Waals surface area contributed by atoms with Crippen LogP contribution in [0.2, 0.25) is 5.02 Å². The van der Waals surface area contributed by atoms with Crippen molar-refractivity contribution in [2.45, 2.75) is 13.8 Å². The molecule has 0 heterocycles. The first-order valence-electron chi connectivity index (χ1n) is 5.44. The molecule has 9 heteroatoms. The minimum atomic E-state index is -2.93. The van der Waals surface area contributed by atoms with Crippen molar-refractivity contribution in [1.29, 1.82) is 0 Å². The number of nitrogens with zero attached hydrogens (tertiary/aromatic N) is 1. The van der Waals surface area contributed by atoms with E-state index in [1.165, 1.54) is 18.2 Å². The predicted molar refractivity (Wildman–Crippen MR) is 76.3 cm³/mol. The van der Waals surface area contributed by atoms with E-state index in [9.17, 15) is 10.1 Å². The number of hydrogen-bond acceptors (Lipinski definition) is 6. The first-order valence-corrected chi connectivity index (χ1v) is 8.38. The van der Waals surface area contributed by atoms with Crippen molar-refractivity contribution in [2.24, 2.45) is 0 Å². The molecule has 1 aromatic rings. The number of hydrogen-bond donors (Lipinski definition) is 0. The molecule has 0 unspecified atom stereocenters. The van der Waals surface area contributed by atoms with Gasteiger partial charge in [-0.05, 0) is 19.9 Å². The molecule has 0 saturated heterocycles. The third kappa shape index (κ3) is 4.71. The summed E-state index contributed by atoms with van der Waals surface area (Å²) in [6.07, 6.45) is 0. The molecule has 0 amide bonds. The van der Waals surface area contributed by atoms with E-state index in [0.29, 0.717) is 13.2 Å². The van der Waals surface area contributed by atoms with Crippen molar-refractivity contribution < 1.29 is 18.5 Å². The Labute approximate surface area is 121 Å². The Morgan fingerprint density at radius 1 is 1.37 bits per heavy atom. The van der Waals surface area contributed by atoms with Gasteiger partial charge in [0.25, 0.3) is 5.69 Å². The van der Waals surface area contributed by atoms with Gasteiger partial charge in [-0.2, -0.15) is 0 Å². The first-order chi connectivity index (χ1) is 8.91. The molecule has 0 aliphatic carbocycles. The highest BCUT2D eigenvalue weighted by molar-refractivity contribution is 8.07. The molecule has 0 aliphatic rings. The van der Waals surface area contributed by atoms with E-state index < -0.39 is 11.6 Å². The minimum Gasteiger partial charge on any atom is -0.423 e. The Morgan fingerprint density at radius 2 is 1.95 bits per heavy atom. The zero-order valence-corrected chi connectivity index (χ0v) is 12.8. The van der Waals surface area contributed by atoms with Gasteiger partial charge in [0.05, 0.1) is 23.2 Å². The third-order valence-corrected chi connectivity index (χ3v) is 4.63. The van der Waals surface area contributed by atoms with Crippen LogP contribution in [-0.2, 0) is 20.9 Å². The molecule has 0 bridgehead atoms. The van der Waals surface area contributed by atoms with Crippen molar-refractivity contribution in [3.63, 3.8) is 0 Å². The second-order valence-electron chi connectivity index (χ2n) is 3.25. The molecule has 0 radical (unpaired) electrons. The molecule has 19 heavy (non-hydrogen) atoms. The van der Waals surface area contributed by atoms with Gasteiger partial charge >= 0.3 is 6.72 Å². The Bertz CT molecular complexity index is 503. The standard InChI is InChI=1S/C10H13ClNO5PS/c1-3-15-18(19,16-4-2)17-10-6-5-8(12(13)14)7-9(10)11/h5-7H,3-4H2,1-2H3. The summed E-state index contributed by atoms with van der Waals surface area (Å²) < 4.78 is 16.1. The zero-order chi connectivity index (χ0) is 14.5. The summed E-state index contributed by atoms with van der Waals surface area (Å²) in [5.74, 6) is 0.206. The van der Waals surface area contributed by atoms with Crippen molar-refractivity contribution in [1.82, 2.24) is 0 Å². The van der Waals surface area contributed by atoms with Gasteiger partial charge in [0.2, 0.25) is 0 Å². The summed E-state index contributed by atoms with van der Waals surface area (Å²) in [6, 6.07) is 3.84. The minimum absolute atomic E-state index is 0.0860. The lowest BCUT2D eigenvalue weighted by Crippen LogP contribution is -2.02. The van der Waals surface area contributed by atoms with Crippen LogP contribution in [0.15, 0.2) is 18.2 Å². The van der Waals surface area contributed by atoms with E-state index in [-0.39, 0.29) is 16.5 Å². The van der Waals surface area contributed by atoms with E-state index in [0.717, 1.165) is 0 Å². The van der Waals surface area contributed by atoms with E-state index in [2.05, 4.69) is 0 Å². The topological polar surface area (TPSA) is 70.8 Å². The van der Waals surface area contributed by atoms with Crippen LogP contribution in [0.25, 0.3) is 0 Å². The monoisotopic (exact) mass is 325 g/mol. The van der Waals surface area contributed by atoms with Crippen molar-refractivity contribution in [2.75, 3.05) is 13.2 Å². The molecule has 0 aromatic heterocycles. The summed E-state index contributed by atoms with van der Waals surface area (Å²) in [6.45, 7) is 1.27. The van der Waals surface area contributed by atoms with Crippen LogP contribution in [0.3, 0.4) is 0 Å². The molecule has 0 fully saturated rings. The van der Waals surface area contributed by atoms with Gasteiger partial charge in [-0.3, -0.25) is 19.2 Å². The van der Waals surface area contributed by atoms with Crippen LogP contribution >= 0.6 is 18.3 Å². The van der Waals surface area contributed by atoms with Gasteiger partial charge in [0.1, 0.15) is 5.75 Å². The molecule has 0 spiro atoms. The van der Waals surface area contributed by atoms with Gasteiger partial charge in [0.15, 0.2) is 0 Å². The van der Waals surface area contributed by atoms with E-state index in [1.807, 2.05) is 0 Å². The molecule has 1 rings (SSSR count). The smallest absolute Gasteiger partial charge is 0.380 e. The van der Waals surface area contributed by atoms with Crippen LogP contribution < -0.4 is 4.52 Å². The van der Waals surface area contributed by atoms with Gasteiger partial charge in [-0.1, -0.05) is 11.6 Å². The lowest BCUT2D eigenvalue weighted by molar-refractivity contribution is -0.384. The fourth-order valence-electron chi connectivity index (χ4n) is 1.20. The summed E-state index contributed by atoms with van der Waals surface area (Å²) in [4.78, 5) is 10.1. The highest BCUT2D eigenvalue weighted by Gasteiger charge is 2.23. The molecule has 0 N–H and O–H groups in total. The van der Waals surface area contributed by atoms with E-state index >= 15 is 0 Å². The van der Waals surface area contributed by atoms with Crippen LogP contribution in [0, 0.1) is 10.1 Å². The maximum absolute atomic E-state index is 10.6. The Morgan fingerprint density at radius 3 is 2.37 bits per heavy atom. The third-order valence-electron chi connectivity index (χ3n) is 1.91. The fourth-order valence-corrected chi connectivity index (χ4v) is 3.56. The van der Waals surface area contributed by atoms with Crippen molar-refractivity contribution in [3.05, 3.63) is 33.3 Å². The summed E-state index contributed by atoms with van der Waals surface area (Å²) in [5.41, 5.74) is -0.126. The average Bonchev–Trinajstić information content (AvgIpc) is 2.32. The number of benzene rings is 1. The van der Waals surface area contributed by atoms with Crippen LogP contribution in [0.5, 0.6) is 5.75 Å². The van der Waals surface area contributed by atoms with Crippen molar-refractivity contribution in [3.8, 4) is 5.75 Å². The predicted octanol–water partition coefficient (Wildman–Crippen LogP) is 3.92. The van der Waals surface area contributed by atoms with Gasteiger partial charge in [-0.25, -0.2) is 0 Å². The lowest BCUT2D eigenvalue weighted by atomic mass is 10.3.